The first-order valence-electron chi connectivity index (χ1n) is 5.27. The van der Waals surface area contributed by atoms with Gasteiger partial charge in [-0.05, 0) is 18.4 Å². The molecule has 5 heteroatoms. The van der Waals surface area contributed by atoms with E-state index in [9.17, 15) is 0 Å². The van der Waals surface area contributed by atoms with E-state index >= 15 is 0 Å². The molecule has 0 saturated carbocycles. The van der Waals surface area contributed by atoms with Gasteiger partial charge >= 0.3 is 0 Å². The van der Waals surface area contributed by atoms with E-state index in [0.29, 0.717) is 6.61 Å². The van der Waals surface area contributed by atoms with Gasteiger partial charge in [-0.1, -0.05) is 6.92 Å². The molecule has 0 bridgehead atoms. The number of nitrogens with zero attached hydrogens (tertiary/aromatic N) is 2. The lowest BCUT2D eigenvalue weighted by Gasteiger charge is -2.14. The van der Waals surface area contributed by atoms with E-state index in [1.807, 2.05) is 19.4 Å². The van der Waals surface area contributed by atoms with Crippen molar-refractivity contribution in [1.29, 1.82) is 0 Å². The third-order valence-corrected chi connectivity index (χ3v) is 2.14. The normalized spacial score (nSPS) is 13.0. The first-order valence-corrected chi connectivity index (χ1v) is 5.27. The molecule has 3 N–H and O–H groups in total. The summed E-state index contributed by atoms with van der Waals surface area (Å²) in [6, 6.07) is 0.153. The minimum Gasteiger partial charge on any atom is -0.380 e. The lowest BCUT2D eigenvalue weighted by atomic mass is 10.1. The predicted molar refractivity (Wildman–Crippen MR) is 59.1 cm³/mol. The van der Waals surface area contributed by atoms with Gasteiger partial charge in [0, 0.05) is 25.9 Å². The van der Waals surface area contributed by atoms with Gasteiger partial charge in [0.2, 0.25) is 0 Å². The van der Waals surface area contributed by atoms with Gasteiger partial charge in [-0.25, -0.2) is 0 Å². The lowest BCUT2D eigenvalue weighted by molar-refractivity contribution is 0.112. The van der Waals surface area contributed by atoms with Crippen molar-refractivity contribution in [2.45, 2.75) is 25.8 Å². The molecular weight excluding hydrogens is 192 g/mol. The topological polar surface area (TPSA) is 65.1 Å². The highest BCUT2D eigenvalue weighted by Crippen LogP contribution is 2.01. The first-order chi connectivity index (χ1) is 7.26. The van der Waals surface area contributed by atoms with Crippen LogP contribution in [0.15, 0.2) is 12.4 Å². The summed E-state index contributed by atoms with van der Waals surface area (Å²) in [5.41, 5.74) is 3.92. The molecule has 86 valence electrons. The number of hydrogen-bond donors (Lipinski definition) is 2. The Hall–Kier alpha value is -0.910. The maximum atomic E-state index is 5.45. The fourth-order valence-electron chi connectivity index (χ4n) is 1.40. The highest BCUT2D eigenvalue weighted by molar-refractivity contribution is 5.05. The van der Waals surface area contributed by atoms with Gasteiger partial charge in [0.15, 0.2) is 0 Å². The molecule has 0 amide bonds. The molecule has 1 heterocycles. The maximum absolute atomic E-state index is 5.45. The summed E-state index contributed by atoms with van der Waals surface area (Å²) < 4.78 is 7.23. The van der Waals surface area contributed by atoms with E-state index in [4.69, 9.17) is 10.6 Å². The van der Waals surface area contributed by atoms with Crippen LogP contribution in [0.5, 0.6) is 0 Å². The van der Waals surface area contributed by atoms with Crippen molar-refractivity contribution < 1.29 is 4.74 Å². The monoisotopic (exact) mass is 212 g/mol. The van der Waals surface area contributed by atoms with Crippen LogP contribution in [0.3, 0.4) is 0 Å². The summed E-state index contributed by atoms with van der Waals surface area (Å²) in [5, 5.41) is 4.11. The number of ether oxygens (including phenoxy) is 1. The number of hydrogen-bond acceptors (Lipinski definition) is 4. The minimum absolute atomic E-state index is 0.153. The van der Waals surface area contributed by atoms with Gasteiger partial charge in [0.25, 0.3) is 0 Å². The fraction of sp³-hybridized carbons (Fsp3) is 0.700. The summed E-state index contributed by atoms with van der Waals surface area (Å²) in [7, 11) is 1.90. The molecule has 0 spiro atoms. The number of nitrogens with two attached hydrogens (primary N) is 1. The minimum atomic E-state index is 0.153. The van der Waals surface area contributed by atoms with Crippen LogP contribution in [0, 0.1) is 0 Å². The van der Waals surface area contributed by atoms with Crippen LogP contribution >= 0.6 is 0 Å². The Morgan fingerprint density at radius 3 is 3.00 bits per heavy atom. The Bertz CT molecular complexity index is 274. The number of rotatable bonds is 7. The van der Waals surface area contributed by atoms with Crippen molar-refractivity contribution in [3.63, 3.8) is 0 Å². The molecule has 0 aliphatic heterocycles. The van der Waals surface area contributed by atoms with Crippen molar-refractivity contribution in [3.05, 3.63) is 18.0 Å². The smallest absolute Gasteiger partial charge is 0.0636 e. The summed E-state index contributed by atoms with van der Waals surface area (Å²) in [6.07, 6.45) is 5.71. The molecular formula is C10H20N4O. The van der Waals surface area contributed by atoms with Crippen LogP contribution in [0.2, 0.25) is 0 Å². The van der Waals surface area contributed by atoms with Gasteiger partial charge in [-0.15, -0.1) is 0 Å². The standard InChI is InChI=1S/C10H20N4O/c1-3-4-15-8-10(13-11)5-9-6-12-14(2)7-9/h6-7,10,13H,3-5,8,11H2,1-2H3. The van der Waals surface area contributed by atoms with Gasteiger partial charge in [0.1, 0.15) is 0 Å². The molecule has 1 aromatic rings. The van der Waals surface area contributed by atoms with E-state index in [0.717, 1.165) is 19.4 Å². The van der Waals surface area contributed by atoms with Gasteiger partial charge < -0.3 is 4.74 Å². The van der Waals surface area contributed by atoms with Crippen molar-refractivity contribution >= 4 is 0 Å². The average molecular weight is 212 g/mol. The van der Waals surface area contributed by atoms with Crippen LogP contribution in [0.4, 0.5) is 0 Å². The van der Waals surface area contributed by atoms with Crippen LogP contribution < -0.4 is 11.3 Å². The van der Waals surface area contributed by atoms with E-state index in [-0.39, 0.29) is 6.04 Å². The van der Waals surface area contributed by atoms with Crippen LogP contribution in [-0.2, 0) is 18.2 Å². The van der Waals surface area contributed by atoms with Crippen LogP contribution in [0.1, 0.15) is 18.9 Å². The molecule has 1 atom stereocenters. The second kappa shape index (κ2) is 6.55. The molecule has 0 aliphatic carbocycles. The molecule has 15 heavy (non-hydrogen) atoms. The van der Waals surface area contributed by atoms with Gasteiger partial charge in [-0.2, -0.15) is 5.10 Å². The summed E-state index contributed by atoms with van der Waals surface area (Å²) in [6.45, 7) is 3.51. The average Bonchev–Trinajstić information content (AvgIpc) is 2.63. The van der Waals surface area contributed by atoms with E-state index in [1.54, 1.807) is 4.68 Å². The number of aromatic nitrogens is 2. The van der Waals surface area contributed by atoms with Crippen molar-refractivity contribution in [2.75, 3.05) is 13.2 Å². The zero-order valence-electron chi connectivity index (χ0n) is 9.44. The van der Waals surface area contributed by atoms with E-state index in [2.05, 4.69) is 17.4 Å². The highest BCUT2D eigenvalue weighted by atomic mass is 16.5. The Morgan fingerprint density at radius 2 is 2.47 bits per heavy atom. The Morgan fingerprint density at radius 1 is 1.67 bits per heavy atom. The maximum Gasteiger partial charge on any atom is 0.0636 e. The van der Waals surface area contributed by atoms with Crippen molar-refractivity contribution in [3.8, 4) is 0 Å². The largest absolute Gasteiger partial charge is 0.380 e. The third kappa shape index (κ3) is 4.42. The van der Waals surface area contributed by atoms with Crippen molar-refractivity contribution in [1.82, 2.24) is 15.2 Å². The van der Waals surface area contributed by atoms with Gasteiger partial charge in [0.05, 0.1) is 12.8 Å². The van der Waals surface area contributed by atoms with Crippen molar-refractivity contribution in [2.24, 2.45) is 12.9 Å². The molecule has 1 unspecified atom stereocenters. The number of aryl methyl sites for hydroxylation is 1. The molecule has 0 aliphatic rings. The zero-order valence-corrected chi connectivity index (χ0v) is 9.44. The Labute approximate surface area is 90.6 Å². The number of hydrazine groups is 1. The molecule has 0 aromatic carbocycles. The van der Waals surface area contributed by atoms with Crippen LogP contribution in [-0.4, -0.2) is 29.0 Å². The summed E-state index contributed by atoms with van der Waals surface area (Å²) in [4.78, 5) is 0. The third-order valence-electron chi connectivity index (χ3n) is 2.14. The molecule has 0 fully saturated rings. The quantitative estimate of drug-likeness (QED) is 0.385. The van der Waals surface area contributed by atoms with Gasteiger partial charge in [-0.3, -0.25) is 16.0 Å². The van der Waals surface area contributed by atoms with E-state index in [1.165, 1.54) is 5.56 Å². The van der Waals surface area contributed by atoms with Crippen LogP contribution in [0.25, 0.3) is 0 Å². The molecule has 0 radical (unpaired) electrons. The fourth-order valence-corrected chi connectivity index (χ4v) is 1.40. The molecule has 0 saturated heterocycles. The van der Waals surface area contributed by atoms with E-state index < -0.39 is 0 Å². The summed E-state index contributed by atoms with van der Waals surface area (Å²) >= 11 is 0. The Balaban J connectivity index is 2.33. The molecule has 1 aromatic heterocycles. The summed E-state index contributed by atoms with van der Waals surface area (Å²) in [5.74, 6) is 5.45. The number of nitrogens with one attached hydrogen (secondary N) is 1. The molecule has 1 rings (SSSR count). The highest BCUT2D eigenvalue weighted by Gasteiger charge is 2.08. The first kappa shape index (κ1) is 12.2. The predicted octanol–water partition coefficient (Wildman–Crippen LogP) is 0.221. The molecule has 5 nitrogen and oxygen atoms in total. The second-order valence-corrected chi connectivity index (χ2v) is 3.66. The lowest BCUT2D eigenvalue weighted by Crippen LogP contribution is -2.40. The second-order valence-electron chi connectivity index (χ2n) is 3.66. The zero-order chi connectivity index (χ0) is 11.1. The SMILES string of the molecule is CCCOCC(Cc1cnn(C)c1)NN. The Kier molecular flexibility index (Phi) is 5.31.